The van der Waals surface area contributed by atoms with E-state index >= 15 is 0 Å². The van der Waals surface area contributed by atoms with Gasteiger partial charge in [-0.3, -0.25) is 0 Å². The third-order valence-corrected chi connectivity index (χ3v) is 1.20. The number of unbranched alkanes of at least 4 members (excludes halogenated alkanes) is 1. The maximum absolute atomic E-state index is 10.6. The van der Waals surface area contributed by atoms with Gasteiger partial charge in [0.15, 0.2) is 7.17 Å². The van der Waals surface area contributed by atoms with E-state index in [4.69, 9.17) is 0 Å². The minimum absolute atomic E-state index is 0.395. The van der Waals surface area contributed by atoms with E-state index in [1.54, 1.807) is 0 Å². The van der Waals surface area contributed by atoms with Crippen LogP contribution in [0.2, 0.25) is 0 Å². The monoisotopic (exact) mass is 110 g/mol. The van der Waals surface area contributed by atoms with Gasteiger partial charge in [-0.15, -0.1) is 0 Å². The van der Waals surface area contributed by atoms with Crippen molar-refractivity contribution >= 4 is 20.6 Å². The summed E-state index contributed by atoms with van der Waals surface area (Å²) in [4.78, 5) is 10.6. The standard InChI is InChI=1S/C5H12B2O/c1-2-3-4-5(8)7-6/h7H,2-4,6H2,1H3. The first kappa shape index (κ1) is 7.80. The molecule has 0 fully saturated rings. The average molecular weight is 110 g/mol. The van der Waals surface area contributed by atoms with Crippen molar-refractivity contribution in [3.05, 3.63) is 0 Å². The molecule has 0 aromatic rings. The van der Waals surface area contributed by atoms with Crippen molar-refractivity contribution in [2.75, 3.05) is 0 Å². The SMILES string of the molecule is BBC(=O)CCCC. The molecular weight excluding hydrogens is 97.7 g/mol. The lowest BCUT2D eigenvalue weighted by atomic mass is 9.52. The van der Waals surface area contributed by atoms with E-state index < -0.39 is 0 Å². The fourth-order valence-corrected chi connectivity index (χ4v) is 0.551. The van der Waals surface area contributed by atoms with Gasteiger partial charge in [0.1, 0.15) is 0 Å². The Balaban J connectivity index is 2.99. The van der Waals surface area contributed by atoms with Crippen LogP contribution in [0.15, 0.2) is 0 Å². The van der Waals surface area contributed by atoms with E-state index in [1.165, 1.54) is 0 Å². The van der Waals surface area contributed by atoms with Gasteiger partial charge in [-0.2, -0.15) is 0 Å². The molecule has 0 spiro atoms. The highest BCUT2D eigenvalue weighted by Gasteiger charge is 1.95. The van der Waals surface area contributed by atoms with E-state index in [1.807, 2.05) is 7.74 Å². The van der Waals surface area contributed by atoms with Gasteiger partial charge >= 0.3 is 0 Å². The minimum atomic E-state index is 0.395. The summed E-state index contributed by atoms with van der Waals surface area (Å²) in [5.74, 6) is 0. The zero-order valence-corrected chi connectivity index (χ0v) is 5.74. The molecule has 0 heterocycles. The smallest absolute Gasteiger partial charge is 0.165 e. The van der Waals surface area contributed by atoms with Crippen molar-refractivity contribution in [1.82, 2.24) is 0 Å². The Bertz CT molecular complexity index is 72.8. The van der Waals surface area contributed by atoms with Crippen LogP contribution in [0.5, 0.6) is 0 Å². The molecule has 0 saturated heterocycles. The summed E-state index contributed by atoms with van der Waals surface area (Å²) in [5.41, 5.74) is 0.395. The zero-order chi connectivity index (χ0) is 6.41. The van der Waals surface area contributed by atoms with Gasteiger partial charge in [-0.1, -0.05) is 13.3 Å². The third kappa shape index (κ3) is 3.97. The molecule has 0 aliphatic heterocycles. The molecule has 0 aliphatic rings. The molecule has 0 aromatic heterocycles. The summed E-state index contributed by atoms with van der Waals surface area (Å²) >= 11 is 0. The van der Waals surface area contributed by atoms with E-state index in [0.717, 1.165) is 19.3 Å². The van der Waals surface area contributed by atoms with Crippen LogP contribution in [0.3, 0.4) is 0 Å². The van der Waals surface area contributed by atoms with Crippen LogP contribution in [0.4, 0.5) is 0 Å². The normalized spacial score (nSPS) is 8.62. The van der Waals surface area contributed by atoms with Crippen molar-refractivity contribution < 1.29 is 4.79 Å². The Morgan fingerprint density at radius 1 is 1.75 bits per heavy atom. The van der Waals surface area contributed by atoms with E-state index in [9.17, 15) is 4.79 Å². The van der Waals surface area contributed by atoms with Crippen molar-refractivity contribution in [3.63, 3.8) is 0 Å². The van der Waals surface area contributed by atoms with Gasteiger partial charge in [0.25, 0.3) is 0 Å². The maximum atomic E-state index is 10.6. The first-order valence-corrected chi connectivity index (χ1v) is 3.33. The van der Waals surface area contributed by atoms with Gasteiger partial charge in [-0.25, -0.2) is 0 Å². The van der Waals surface area contributed by atoms with E-state index in [0.29, 0.717) is 12.9 Å². The predicted molar refractivity (Wildman–Crippen MR) is 40.2 cm³/mol. The highest BCUT2D eigenvalue weighted by molar-refractivity contribution is 7.08. The second-order valence-corrected chi connectivity index (χ2v) is 2.00. The average Bonchev–Trinajstić information content (AvgIpc) is 1.83. The fraction of sp³-hybridized carbons (Fsp3) is 0.800. The van der Waals surface area contributed by atoms with Gasteiger partial charge in [0, 0.05) is 0 Å². The van der Waals surface area contributed by atoms with Gasteiger partial charge < -0.3 is 4.79 Å². The first-order valence-electron chi connectivity index (χ1n) is 3.33. The number of rotatable bonds is 4. The lowest BCUT2D eigenvalue weighted by molar-refractivity contribution is -0.111. The van der Waals surface area contributed by atoms with E-state index in [-0.39, 0.29) is 0 Å². The number of hydrogen-bond donors (Lipinski definition) is 0. The maximum Gasteiger partial charge on any atom is 0.165 e. The first-order chi connectivity index (χ1) is 3.81. The summed E-state index contributed by atoms with van der Waals surface area (Å²) in [6.07, 6.45) is 2.98. The molecule has 0 N–H and O–H groups in total. The van der Waals surface area contributed by atoms with Gasteiger partial charge in [-0.05, 0) is 12.8 Å². The van der Waals surface area contributed by atoms with E-state index in [2.05, 4.69) is 6.92 Å². The van der Waals surface area contributed by atoms with Gasteiger partial charge in [0.05, 0.1) is 13.4 Å². The fourth-order valence-electron chi connectivity index (χ4n) is 0.551. The quantitative estimate of drug-likeness (QED) is 0.453. The van der Waals surface area contributed by atoms with Crippen molar-refractivity contribution in [2.45, 2.75) is 26.2 Å². The molecule has 44 valence electrons. The van der Waals surface area contributed by atoms with Crippen LogP contribution >= 0.6 is 0 Å². The number of hydrogen-bond acceptors (Lipinski definition) is 1. The molecule has 8 heavy (non-hydrogen) atoms. The molecule has 0 rings (SSSR count). The highest BCUT2D eigenvalue weighted by Crippen LogP contribution is 1.92. The number of carbonyl (C=O) groups is 1. The molecule has 3 heteroatoms. The Labute approximate surface area is 52.5 Å². The molecular formula is C5H12B2O. The second kappa shape index (κ2) is 4.95. The Kier molecular flexibility index (Phi) is 4.82. The van der Waals surface area contributed by atoms with Crippen LogP contribution < -0.4 is 0 Å². The predicted octanol–water partition coefficient (Wildman–Crippen LogP) is -0.312. The summed E-state index contributed by atoms with van der Waals surface area (Å²) in [6.45, 7) is 2.10. The lowest BCUT2D eigenvalue weighted by Crippen LogP contribution is -2.07. The summed E-state index contributed by atoms with van der Waals surface area (Å²) in [5, 5.41) is 0. The highest BCUT2D eigenvalue weighted by atomic mass is 16.1. The Morgan fingerprint density at radius 3 is 2.75 bits per heavy atom. The van der Waals surface area contributed by atoms with Crippen LogP contribution in [-0.4, -0.2) is 20.6 Å². The molecule has 0 radical (unpaired) electrons. The van der Waals surface area contributed by atoms with Crippen LogP contribution in [0.25, 0.3) is 0 Å². The van der Waals surface area contributed by atoms with Crippen molar-refractivity contribution in [1.29, 1.82) is 0 Å². The van der Waals surface area contributed by atoms with Crippen LogP contribution in [0.1, 0.15) is 26.2 Å². The molecule has 0 saturated carbocycles. The van der Waals surface area contributed by atoms with Crippen molar-refractivity contribution in [2.24, 2.45) is 0 Å². The van der Waals surface area contributed by atoms with Crippen LogP contribution in [-0.2, 0) is 4.79 Å². The second-order valence-electron chi connectivity index (χ2n) is 2.00. The zero-order valence-electron chi connectivity index (χ0n) is 5.74. The molecule has 0 amide bonds. The molecule has 0 unspecified atom stereocenters. The summed E-state index contributed by atoms with van der Waals surface area (Å²) in [7, 11) is 2.62. The molecule has 0 aliphatic carbocycles. The van der Waals surface area contributed by atoms with Gasteiger partial charge in [0.2, 0.25) is 0 Å². The molecule has 0 atom stereocenters. The lowest BCUT2D eigenvalue weighted by Gasteiger charge is -1.90. The Morgan fingerprint density at radius 2 is 2.38 bits per heavy atom. The molecule has 0 bridgehead atoms. The summed E-state index contributed by atoms with van der Waals surface area (Å²) in [6, 6.07) is 0. The number of carbonyl (C=O) groups excluding carboxylic acids is 1. The topological polar surface area (TPSA) is 17.1 Å². The third-order valence-electron chi connectivity index (χ3n) is 1.20. The molecule has 0 aromatic carbocycles. The Hall–Kier alpha value is -0.200. The minimum Gasteiger partial charge on any atom is -0.312 e. The van der Waals surface area contributed by atoms with Crippen molar-refractivity contribution in [3.8, 4) is 0 Å². The largest absolute Gasteiger partial charge is 0.312 e. The molecule has 1 nitrogen and oxygen atoms in total. The van der Waals surface area contributed by atoms with Crippen LogP contribution in [0, 0.1) is 0 Å². The summed E-state index contributed by atoms with van der Waals surface area (Å²) < 4.78 is 0.